The molecule has 0 aromatic carbocycles. The number of fused-ring (bicyclic) bond motifs is 1. The van der Waals surface area contributed by atoms with E-state index in [2.05, 4.69) is 21.0 Å². The van der Waals surface area contributed by atoms with E-state index in [4.69, 9.17) is 5.26 Å². The molecule has 0 saturated carbocycles. The highest BCUT2D eigenvalue weighted by atomic mass is 127. The van der Waals surface area contributed by atoms with Crippen molar-refractivity contribution in [2.75, 3.05) is 16.8 Å². The Labute approximate surface area is 182 Å². The Morgan fingerprint density at radius 2 is 2.07 bits per heavy atom. The van der Waals surface area contributed by atoms with E-state index < -0.39 is 10.0 Å². The fourth-order valence-corrected chi connectivity index (χ4v) is 5.11. The van der Waals surface area contributed by atoms with Gasteiger partial charge in [-0.1, -0.05) is 22.6 Å². The summed E-state index contributed by atoms with van der Waals surface area (Å²) in [6.07, 6.45) is 7.49. The van der Waals surface area contributed by atoms with Crippen LogP contribution in [0.1, 0.15) is 18.4 Å². The van der Waals surface area contributed by atoms with Gasteiger partial charge in [0.1, 0.15) is 21.8 Å². The van der Waals surface area contributed by atoms with Crippen molar-refractivity contribution in [2.24, 2.45) is 0 Å². The number of hydrogen-bond donors (Lipinski definition) is 1. The summed E-state index contributed by atoms with van der Waals surface area (Å²) in [5, 5.41) is 19.1. The van der Waals surface area contributed by atoms with Crippen LogP contribution in [0.2, 0.25) is 0 Å². The average molecular weight is 523 g/mol. The zero-order valence-corrected chi connectivity index (χ0v) is 18.4. The van der Waals surface area contributed by atoms with Crippen molar-refractivity contribution in [1.29, 1.82) is 10.5 Å². The summed E-state index contributed by atoms with van der Waals surface area (Å²) in [4.78, 5) is 11.5. The van der Waals surface area contributed by atoms with Crippen LogP contribution in [0.4, 0.5) is 0 Å². The predicted octanol–water partition coefficient (Wildman–Crippen LogP) is 2.63. The van der Waals surface area contributed by atoms with E-state index in [-0.39, 0.29) is 10.3 Å². The summed E-state index contributed by atoms with van der Waals surface area (Å²) in [6.45, 7) is 0.950. The number of aromatic amines is 1. The topological polar surface area (TPSA) is 131 Å². The van der Waals surface area contributed by atoms with Gasteiger partial charge in [-0.3, -0.25) is 0 Å². The summed E-state index contributed by atoms with van der Waals surface area (Å²) in [5.41, 5.74) is 2.46. The Morgan fingerprint density at radius 1 is 1.24 bits per heavy atom. The molecule has 3 aromatic rings. The maximum absolute atomic E-state index is 12.3. The minimum atomic E-state index is -3.39. The van der Waals surface area contributed by atoms with Crippen LogP contribution in [0.5, 0.6) is 0 Å². The summed E-state index contributed by atoms with van der Waals surface area (Å²) < 4.78 is 27.8. The number of alkyl halides is 1. The minimum absolute atomic E-state index is 0.0237. The van der Waals surface area contributed by atoms with E-state index in [0.29, 0.717) is 48.4 Å². The zero-order valence-electron chi connectivity index (χ0n) is 15.4. The molecule has 0 atom stereocenters. The molecular weight excluding hydrogens is 505 g/mol. The second-order valence-electron chi connectivity index (χ2n) is 6.28. The second-order valence-corrected chi connectivity index (χ2v) is 10.0. The van der Waals surface area contributed by atoms with Crippen molar-refractivity contribution in [2.45, 2.75) is 19.4 Å². The molecule has 29 heavy (non-hydrogen) atoms. The van der Waals surface area contributed by atoms with Gasteiger partial charge in [0.05, 0.1) is 17.3 Å². The summed E-state index contributed by atoms with van der Waals surface area (Å²) in [5.74, 6) is 0. The van der Waals surface area contributed by atoms with Crippen LogP contribution in [-0.2, 0) is 16.6 Å². The van der Waals surface area contributed by atoms with Crippen molar-refractivity contribution in [3.05, 3.63) is 36.5 Å². The van der Waals surface area contributed by atoms with Gasteiger partial charge in [-0.2, -0.15) is 14.8 Å². The van der Waals surface area contributed by atoms with E-state index in [1.807, 2.05) is 34.7 Å². The van der Waals surface area contributed by atoms with E-state index in [1.165, 1.54) is 10.6 Å². The van der Waals surface area contributed by atoms with Crippen LogP contribution in [0.3, 0.4) is 0 Å². The molecule has 0 radical (unpaired) electrons. The van der Waals surface area contributed by atoms with Gasteiger partial charge in [0.25, 0.3) is 0 Å². The van der Waals surface area contributed by atoms with E-state index in [1.54, 1.807) is 23.2 Å². The molecule has 0 aliphatic carbocycles. The molecule has 150 valence electrons. The molecule has 0 aliphatic heterocycles. The van der Waals surface area contributed by atoms with Gasteiger partial charge < -0.3 is 9.55 Å². The van der Waals surface area contributed by atoms with Crippen molar-refractivity contribution in [1.82, 2.24) is 23.8 Å². The average Bonchev–Trinajstić information content (AvgIpc) is 3.36. The molecule has 9 nitrogen and oxygen atoms in total. The first-order chi connectivity index (χ1) is 14.0. The highest BCUT2D eigenvalue weighted by Crippen LogP contribution is 2.28. The van der Waals surface area contributed by atoms with E-state index in [9.17, 15) is 13.7 Å². The third kappa shape index (κ3) is 4.75. The molecule has 0 saturated heterocycles. The maximum Gasteiger partial charge on any atom is 0.223 e. The lowest BCUT2D eigenvalue weighted by Gasteiger charge is -2.20. The molecule has 0 amide bonds. The van der Waals surface area contributed by atoms with Crippen LogP contribution in [-0.4, -0.2) is 49.1 Å². The summed E-state index contributed by atoms with van der Waals surface area (Å²) in [7, 11) is -3.39. The third-order valence-electron chi connectivity index (χ3n) is 4.44. The molecule has 0 spiro atoms. The van der Waals surface area contributed by atoms with Crippen LogP contribution in [0.15, 0.2) is 31.0 Å². The van der Waals surface area contributed by atoms with Crippen molar-refractivity contribution < 1.29 is 8.42 Å². The number of aromatic nitrogens is 4. The van der Waals surface area contributed by atoms with Crippen molar-refractivity contribution in [3.8, 4) is 23.4 Å². The van der Waals surface area contributed by atoms with Gasteiger partial charge in [0, 0.05) is 55.6 Å². The molecule has 3 rings (SSSR count). The molecule has 0 unspecified atom stereocenters. The first kappa shape index (κ1) is 21.2. The Kier molecular flexibility index (Phi) is 6.84. The summed E-state index contributed by atoms with van der Waals surface area (Å²) >= 11 is 1.83. The van der Waals surface area contributed by atoms with Gasteiger partial charge >= 0.3 is 0 Å². The smallest absolute Gasteiger partial charge is 0.223 e. The standard InChI is InChI=1S/C18H18IN7O2S/c19-12-29(27,28)26(6-2-1-4-20)8-7-25-10-14(9-21)16(11-25)17-15-3-5-22-18(15)24-13-23-17/h3,5,10-11,13H,1-2,6-8,12H2,(H,22,23,24). The molecule has 11 heteroatoms. The van der Waals surface area contributed by atoms with Gasteiger partial charge in [-0.15, -0.1) is 0 Å². The van der Waals surface area contributed by atoms with Gasteiger partial charge in [0.2, 0.25) is 10.0 Å². The Hall–Kier alpha value is -2.48. The SMILES string of the molecule is N#CCCCN(CCn1cc(C#N)c(-c2ncnc3[nH]ccc23)c1)S(=O)(=O)CI. The van der Waals surface area contributed by atoms with E-state index >= 15 is 0 Å². The van der Waals surface area contributed by atoms with Crippen molar-refractivity contribution >= 4 is 43.6 Å². The molecule has 3 heterocycles. The lowest BCUT2D eigenvalue weighted by molar-refractivity contribution is 0.391. The quantitative estimate of drug-likeness (QED) is 0.261. The second kappa shape index (κ2) is 9.35. The summed E-state index contributed by atoms with van der Waals surface area (Å²) in [6, 6.07) is 6.07. The predicted molar refractivity (Wildman–Crippen MR) is 116 cm³/mol. The van der Waals surface area contributed by atoms with Crippen LogP contribution in [0.25, 0.3) is 22.3 Å². The fourth-order valence-electron chi connectivity index (χ4n) is 3.02. The Morgan fingerprint density at radius 3 is 2.79 bits per heavy atom. The molecule has 1 N–H and O–H groups in total. The first-order valence-corrected chi connectivity index (χ1v) is 11.9. The number of nitrogens with one attached hydrogen (secondary N) is 1. The minimum Gasteiger partial charge on any atom is -0.351 e. The largest absolute Gasteiger partial charge is 0.351 e. The maximum atomic E-state index is 12.3. The number of H-pyrrole nitrogens is 1. The monoisotopic (exact) mass is 523 g/mol. The van der Waals surface area contributed by atoms with Gasteiger partial charge in [-0.25, -0.2) is 18.4 Å². The van der Waals surface area contributed by atoms with Gasteiger partial charge in [-0.05, 0) is 12.5 Å². The van der Waals surface area contributed by atoms with E-state index in [0.717, 1.165) is 5.39 Å². The van der Waals surface area contributed by atoms with Crippen LogP contribution < -0.4 is 0 Å². The number of halogens is 1. The zero-order chi connectivity index (χ0) is 20.9. The number of sulfonamides is 1. The Balaban J connectivity index is 1.84. The molecular formula is C18H18IN7O2S. The van der Waals surface area contributed by atoms with Gasteiger partial charge in [0.15, 0.2) is 0 Å². The van der Waals surface area contributed by atoms with Crippen LogP contribution in [0, 0.1) is 22.7 Å². The highest BCUT2D eigenvalue weighted by molar-refractivity contribution is 14.1. The highest BCUT2D eigenvalue weighted by Gasteiger charge is 2.21. The number of nitriles is 2. The molecule has 0 aliphatic rings. The normalized spacial score (nSPS) is 11.6. The van der Waals surface area contributed by atoms with Crippen LogP contribution >= 0.6 is 22.6 Å². The fraction of sp³-hybridized carbons (Fsp3) is 0.333. The number of rotatable bonds is 9. The first-order valence-electron chi connectivity index (χ1n) is 8.79. The number of unbranched alkanes of at least 4 members (excludes halogenated alkanes) is 1. The Bertz CT molecular complexity index is 1190. The molecule has 0 fully saturated rings. The number of hydrogen-bond acceptors (Lipinski definition) is 6. The lowest BCUT2D eigenvalue weighted by atomic mass is 10.1. The third-order valence-corrected chi connectivity index (χ3v) is 8.23. The molecule has 0 bridgehead atoms. The molecule has 3 aromatic heterocycles. The lowest BCUT2D eigenvalue weighted by Crippen LogP contribution is -2.35. The van der Waals surface area contributed by atoms with Crippen molar-refractivity contribution in [3.63, 3.8) is 0 Å². The number of nitrogens with zero attached hydrogens (tertiary/aromatic N) is 6.